The van der Waals surface area contributed by atoms with Crippen LogP contribution in [-0.2, 0) is 13.0 Å². The van der Waals surface area contributed by atoms with Crippen LogP contribution in [0.5, 0.6) is 5.75 Å². The molecule has 0 radical (unpaired) electrons. The maximum absolute atomic E-state index is 15.6. The molecule has 182 valence electrons. The third-order valence-electron chi connectivity index (χ3n) is 6.81. The fourth-order valence-electron chi connectivity index (χ4n) is 4.89. The number of fused-ring (bicyclic) bond motifs is 1. The first-order chi connectivity index (χ1) is 17.6. The van der Waals surface area contributed by atoms with Crippen LogP contribution in [-0.4, -0.2) is 53.5 Å². The molecule has 0 aliphatic carbocycles. The summed E-state index contributed by atoms with van der Waals surface area (Å²) in [4.78, 5) is 10.4. The number of nitrogens with one attached hydrogen (secondary N) is 3. The van der Waals surface area contributed by atoms with Crippen molar-refractivity contribution in [1.82, 2.24) is 35.3 Å². The summed E-state index contributed by atoms with van der Waals surface area (Å²) in [6.07, 6.45) is 7.44. The number of aryl methyl sites for hydroxylation is 1. The van der Waals surface area contributed by atoms with E-state index in [0.717, 1.165) is 48.6 Å². The number of hydrogen-bond acceptors (Lipinski definition) is 5. The smallest absolute Gasteiger partial charge is 0.159 e. The average molecular weight is 484 g/mol. The molecule has 3 aromatic heterocycles. The van der Waals surface area contributed by atoms with Gasteiger partial charge in [0.25, 0.3) is 0 Å². The van der Waals surface area contributed by atoms with Gasteiger partial charge in [0.15, 0.2) is 11.6 Å². The standard InChI is InChI=1S/C27H26FN7O/c1-2-16-13-19(36)3-4-20(16)21-5-6-22-25(24(21)28)33-34-26(22)27-29-14-23(31-27)17-8-11-35(12-9-17)15-18-7-10-30-32-18/h3-8,10,13-14,36H,2,9,11-12,15H2,1H3,(H,29,31)(H,30,32)(H,33,34). The van der Waals surface area contributed by atoms with Crippen molar-refractivity contribution < 1.29 is 9.50 Å². The van der Waals surface area contributed by atoms with Gasteiger partial charge in [-0.25, -0.2) is 9.37 Å². The molecule has 2 aromatic carbocycles. The Morgan fingerprint density at radius 3 is 2.78 bits per heavy atom. The minimum Gasteiger partial charge on any atom is -0.508 e. The van der Waals surface area contributed by atoms with Gasteiger partial charge in [-0.3, -0.25) is 15.1 Å². The number of hydrogen-bond donors (Lipinski definition) is 4. The van der Waals surface area contributed by atoms with Crippen LogP contribution in [0.25, 0.3) is 39.1 Å². The van der Waals surface area contributed by atoms with E-state index in [0.29, 0.717) is 34.4 Å². The highest BCUT2D eigenvalue weighted by atomic mass is 19.1. The first kappa shape index (κ1) is 22.2. The van der Waals surface area contributed by atoms with E-state index < -0.39 is 0 Å². The third-order valence-corrected chi connectivity index (χ3v) is 6.81. The highest BCUT2D eigenvalue weighted by Gasteiger charge is 2.20. The summed E-state index contributed by atoms with van der Waals surface area (Å²) in [5.74, 6) is 0.405. The molecule has 6 rings (SSSR count). The Bertz CT molecular complexity index is 1560. The predicted octanol–water partition coefficient (Wildman–Crippen LogP) is 5.04. The molecule has 1 aliphatic heterocycles. The van der Waals surface area contributed by atoms with Gasteiger partial charge in [-0.05, 0) is 53.8 Å². The maximum atomic E-state index is 15.6. The van der Waals surface area contributed by atoms with Crippen molar-refractivity contribution in [2.45, 2.75) is 26.3 Å². The largest absolute Gasteiger partial charge is 0.508 e. The monoisotopic (exact) mass is 483 g/mol. The fraction of sp³-hybridized carbons (Fsp3) is 0.222. The molecular weight excluding hydrogens is 457 g/mol. The lowest BCUT2D eigenvalue weighted by molar-refractivity contribution is 0.290. The van der Waals surface area contributed by atoms with Crippen LogP contribution in [0.3, 0.4) is 0 Å². The Kier molecular flexibility index (Phi) is 5.61. The summed E-state index contributed by atoms with van der Waals surface area (Å²) in [7, 11) is 0. The topological polar surface area (TPSA) is 110 Å². The van der Waals surface area contributed by atoms with Gasteiger partial charge in [-0.1, -0.05) is 25.1 Å². The van der Waals surface area contributed by atoms with Gasteiger partial charge in [-0.15, -0.1) is 0 Å². The summed E-state index contributed by atoms with van der Waals surface area (Å²) in [6, 6.07) is 10.6. The van der Waals surface area contributed by atoms with Crippen molar-refractivity contribution in [2.75, 3.05) is 13.1 Å². The molecule has 8 nitrogen and oxygen atoms in total. The molecule has 0 atom stereocenters. The lowest BCUT2D eigenvalue weighted by atomic mass is 9.96. The van der Waals surface area contributed by atoms with Crippen molar-refractivity contribution in [2.24, 2.45) is 0 Å². The lowest BCUT2D eigenvalue weighted by Crippen LogP contribution is -2.28. The molecule has 0 amide bonds. The second-order valence-corrected chi connectivity index (χ2v) is 9.05. The number of phenols is 1. The highest BCUT2D eigenvalue weighted by molar-refractivity contribution is 5.94. The van der Waals surface area contributed by atoms with Crippen LogP contribution in [0.4, 0.5) is 4.39 Å². The average Bonchev–Trinajstić information content (AvgIpc) is 3.66. The normalized spacial score (nSPS) is 14.4. The molecule has 36 heavy (non-hydrogen) atoms. The van der Waals surface area contributed by atoms with E-state index in [-0.39, 0.29) is 11.6 Å². The first-order valence-electron chi connectivity index (χ1n) is 12.1. The Hall–Kier alpha value is -4.24. The summed E-state index contributed by atoms with van der Waals surface area (Å²) in [6.45, 7) is 4.60. The summed E-state index contributed by atoms with van der Waals surface area (Å²) >= 11 is 0. The summed E-state index contributed by atoms with van der Waals surface area (Å²) in [5, 5.41) is 24.8. The van der Waals surface area contributed by atoms with Crippen LogP contribution in [0.1, 0.15) is 30.3 Å². The Balaban J connectivity index is 1.27. The predicted molar refractivity (Wildman–Crippen MR) is 137 cm³/mol. The molecule has 0 saturated carbocycles. The Labute approximate surface area is 206 Å². The zero-order valence-electron chi connectivity index (χ0n) is 19.8. The van der Waals surface area contributed by atoms with Crippen molar-refractivity contribution in [3.05, 3.63) is 77.6 Å². The van der Waals surface area contributed by atoms with E-state index in [4.69, 9.17) is 4.98 Å². The van der Waals surface area contributed by atoms with Crippen molar-refractivity contribution in [3.63, 3.8) is 0 Å². The molecule has 0 spiro atoms. The van der Waals surface area contributed by atoms with Gasteiger partial charge in [0.05, 0.1) is 5.69 Å². The van der Waals surface area contributed by atoms with E-state index in [1.165, 1.54) is 5.57 Å². The third kappa shape index (κ3) is 3.97. The van der Waals surface area contributed by atoms with Gasteiger partial charge < -0.3 is 10.1 Å². The van der Waals surface area contributed by atoms with Gasteiger partial charge in [0.2, 0.25) is 0 Å². The van der Waals surface area contributed by atoms with Crippen molar-refractivity contribution >= 4 is 16.5 Å². The maximum Gasteiger partial charge on any atom is 0.159 e. The molecular formula is C27H26FN7O. The number of aromatic amines is 3. The second-order valence-electron chi connectivity index (χ2n) is 9.05. The Morgan fingerprint density at radius 2 is 2.00 bits per heavy atom. The molecule has 5 aromatic rings. The first-order valence-corrected chi connectivity index (χ1v) is 12.1. The Morgan fingerprint density at radius 1 is 1.11 bits per heavy atom. The molecule has 0 unspecified atom stereocenters. The zero-order chi connectivity index (χ0) is 24.6. The number of aromatic hydroxyl groups is 1. The van der Waals surface area contributed by atoms with Gasteiger partial charge >= 0.3 is 0 Å². The number of H-pyrrole nitrogens is 3. The molecule has 4 heterocycles. The van der Waals surface area contributed by atoms with E-state index in [1.54, 1.807) is 30.5 Å². The number of rotatable bonds is 6. The molecule has 0 bridgehead atoms. The second kappa shape index (κ2) is 9.09. The molecule has 9 heteroatoms. The number of nitrogens with zero attached hydrogens (tertiary/aromatic N) is 4. The van der Waals surface area contributed by atoms with Crippen LogP contribution in [0, 0.1) is 5.82 Å². The number of phenolic OH excluding ortho intramolecular Hbond substituents is 1. The summed E-state index contributed by atoms with van der Waals surface area (Å²) < 4.78 is 15.6. The van der Waals surface area contributed by atoms with E-state index in [2.05, 4.69) is 36.4 Å². The minimum atomic E-state index is -0.370. The van der Waals surface area contributed by atoms with Crippen molar-refractivity contribution in [3.8, 4) is 28.4 Å². The quantitative estimate of drug-likeness (QED) is 0.271. The van der Waals surface area contributed by atoms with Gasteiger partial charge in [0, 0.05) is 48.7 Å². The van der Waals surface area contributed by atoms with E-state index in [1.807, 2.05) is 25.3 Å². The molecule has 1 aliphatic rings. The molecule has 4 N–H and O–H groups in total. The number of aromatic nitrogens is 6. The number of benzene rings is 2. The number of halogens is 1. The SMILES string of the molecule is CCc1cc(O)ccc1-c1ccc2c(-c3nc(C4=CCN(Cc5ccn[nH]5)CC4)c[nH]3)n[nH]c2c1F. The van der Waals surface area contributed by atoms with Crippen LogP contribution in [0.2, 0.25) is 0 Å². The molecule has 0 fully saturated rings. The van der Waals surface area contributed by atoms with Gasteiger partial charge in [0.1, 0.15) is 17.0 Å². The van der Waals surface area contributed by atoms with E-state index >= 15 is 4.39 Å². The highest BCUT2D eigenvalue weighted by Crippen LogP contribution is 2.35. The van der Waals surface area contributed by atoms with Crippen LogP contribution in [0.15, 0.2) is 54.9 Å². The molecule has 0 saturated heterocycles. The van der Waals surface area contributed by atoms with Gasteiger partial charge in [-0.2, -0.15) is 10.2 Å². The zero-order valence-corrected chi connectivity index (χ0v) is 19.8. The van der Waals surface area contributed by atoms with Crippen LogP contribution < -0.4 is 0 Å². The van der Waals surface area contributed by atoms with E-state index in [9.17, 15) is 5.11 Å². The number of imidazole rings is 1. The lowest BCUT2D eigenvalue weighted by Gasteiger charge is -2.25. The summed E-state index contributed by atoms with van der Waals surface area (Å²) in [5.41, 5.74) is 6.21. The van der Waals surface area contributed by atoms with Crippen LogP contribution >= 0.6 is 0 Å². The minimum absolute atomic E-state index is 0.174. The fourth-order valence-corrected chi connectivity index (χ4v) is 4.89. The van der Waals surface area contributed by atoms with Crippen molar-refractivity contribution in [1.29, 1.82) is 0 Å².